The maximum atomic E-state index is 13.0. The third kappa shape index (κ3) is 6.03. The smallest absolute Gasteiger partial charge is 0.253 e. The van der Waals surface area contributed by atoms with Gasteiger partial charge < -0.3 is 10.2 Å². The molecule has 1 aliphatic rings. The number of likely N-dealkylation sites (tertiary alicyclic amines) is 1. The van der Waals surface area contributed by atoms with E-state index >= 15 is 0 Å². The molecule has 0 spiro atoms. The molecule has 0 bridgehead atoms. The van der Waals surface area contributed by atoms with Crippen LogP contribution in [0.3, 0.4) is 0 Å². The number of piperidine rings is 1. The molecule has 1 aliphatic heterocycles. The molecule has 0 radical (unpaired) electrons. The first-order valence-corrected chi connectivity index (χ1v) is 13.6. The highest BCUT2D eigenvalue weighted by atomic mass is 16.2. The number of hydrogen-bond donors (Lipinski definition) is 1. The molecule has 4 aromatic rings. The van der Waals surface area contributed by atoms with Gasteiger partial charge in [-0.2, -0.15) is 0 Å². The SMILES string of the molecule is CCN(CCNc1c(C2CCN(Cc3ccccc3)CC2)ccc2ccccc12)C(=O)c1ccccc1. The van der Waals surface area contributed by atoms with E-state index in [1.165, 1.54) is 27.6 Å². The van der Waals surface area contributed by atoms with E-state index in [0.717, 1.165) is 44.6 Å². The standard InChI is InChI=1S/C33H37N3O/c1-2-36(33(37)29-14-7-4-8-15-29)24-21-34-32-30-16-10-9-13-27(30)17-18-31(32)28-19-22-35(23-20-28)25-26-11-5-3-6-12-26/h3-18,28,34H,2,19-25H2,1H3. The van der Waals surface area contributed by atoms with Gasteiger partial charge >= 0.3 is 0 Å². The second kappa shape index (κ2) is 12.1. The van der Waals surface area contributed by atoms with Crippen molar-refractivity contribution in [2.24, 2.45) is 0 Å². The van der Waals surface area contributed by atoms with E-state index in [1.54, 1.807) is 0 Å². The van der Waals surface area contributed by atoms with E-state index in [1.807, 2.05) is 42.2 Å². The van der Waals surface area contributed by atoms with Crippen LogP contribution < -0.4 is 5.32 Å². The molecule has 4 nitrogen and oxygen atoms in total. The minimum atomic E-state index is 0.0915. The third-order valence-corrected chi connectivity index (χ3v) is 7.61. The normalized spacial score (nSPS) is 14.5. The van der Waals surface area contributed by atoms with Gasteiger partial charge in [0.1, 0.15) is 0 Å². The van der Waals surface area contributed by atoms with Gasteiger partial charge in [-0.15, -0.1) is 0 Å². The first kappa shape index (κ1) is 25.0. The lowest BCUT2D eigenvalue weighted by Crippen LogP contribution is -2.35. The number of benzene rings is 4. The van der Waals surface area contributed by atoms with Gasteiger partial charge in [0, 0.05) is 42.8 Å². The fourth-order valence-electron chi connectivity index (χ4n) is 5.55. The van der Waals surface area contributed by atoms with Crippen LogP contribution in [0.5, 0.6) is 0 Å². The summed E-state index contributed by atoms with van der Waals surface area (Å²) in [7, 11) is 0. The van der Waals surface area contributed by atoms with Crippen molar-refractivity contribution in [3.05, 3.63) is 114 Å². The first-order valence-electron chi connectivity index (χ1n) is 13.6. The van der Waals surface area contributed by atoms with Gasteiger partial charge in [-0.1, -0.05) is 84.9 Å². The molecule has 0 saturated carbocycles. The molecule has 190 valence electrons. The molecule has 4 aromatic carbocycles. The van der Waals surface area contributed by atoms with Crippen LogP contribution in [-0.2, 0) is 6.54 Å². The summed E-state index contributed by atoms with van der Waals surface area (Å²) >= 11 is 0. The lowest BCUT2D eigenvalue weighted by molar-refractivity contribution is 0.0770. The van der Waals surface area contributed by atoms with Crippen LogP contribution in [0.2, 0.25) is 0 Å². The zero-order valence-corrected chi connectivity index (χ0v) is 21.8. The lowest BCUT2D eigenvalue weighted by atomic mass is 9.86. The van der Waals surface area contributed by atoms with Crippen LogP contribution in [0.15, 0.2) is 97.1 Å². The van der Waals surface area contributed by atoms with Crippen molar-refractivity contribution < 1.29 is 4.79 Å². The molecule has 1 N–H and O–H groups in total. The van der Waals surface area contributed by atoms with E-state index in [-0.39, 0.29) is 5.91 Å². The summed E-state index contributed by atoms with van der Waals surface area (Å²) < 4.78 is 0. The summed E-state index contributed by atoms with van der Waals surface area (Å²) in [5.74, 6) is 0.626. The molecule has 1 saturated heterocycles. The Morgan fingerprint density at radius 3 is 2.27 bits per heavy atom. The third-order valence-electron chi connectivity index (χ3n) is 7.61. The van der Waals surface area contributed by atoms with E-state index in [0.29, 0.717) is 19.0 Å². The number of amides is 1. The maximum Gasteiger partial charge on any atom is 0.253 e. The predicted octanol–water partition coefficient (Wildman–Crippen LogP) is 6.79. The highest BCUT2D eigenvalue weighted by molar-refractivity contribution is 5.96. The van der Waals surface area contributed by atoms with Gasteiger partial charge in [-0.05, 0) is 67.4 Å². The van der Waals surface area contributed by atoms with Crippen molar-refractivity contribution in [3.63, 3.8) is 0 Å². The van der Waals surface area contributed by atoms with Crippen LogP contribution in [0.25, 0.3) is 10.8 Å². The van der Waals surface area contributed by atoms with Crippen molar-refractivity contribution in [2.45, 2.75) is 32.2 Å². The average Bonchev–Trinajstić information content (AvgIpc) is 2.96. The monoisotopic (exact) mass is 491 g/mol. The number of rotatable bonds is 9. The Balaban J connectivity index is 1.29. The molecule has 1 heterocycles. The fraction of sp³-hybridized carbons (Fsp3) is 0.303. The average molecular weight is 492 g/mol. The molecular weight excluding hydrogens is 454 g/mol. The number of nitrogens with zero attached hydrogens (tertiary/aromatic N) is 2. The van der Waals surface area contributed by atoms with Crippen LogP contribution in [-0.4, -0.2) is 48.4 Å². The predicted molar refractivity (Wildman–Crippen MR) is 154 cm³/mol. The minimum Gasteiger partial charge on any atom is -0.383 e. The molecule has 4 heteroatoms. The summed E-state index contributed by atoms with van der Waals surface area (Å²) in [6, 6.07) is 33.6. The largest absolute Gasteiger partial charge is 0.383 e. The van der Waals surface area contributed by atoms with E-state index in [4.69, 9.17) is 0 Å². The van der Waals surface area contributed by atoms with Gasteiger partial charge in [0.05, 0.1) is 0 Å². The van der Waals surface area contributed by atoms with Gasteiger partial charge in [-0.3, -0.25) is 9.69 Å². The fourth-order valence-corrected chi connectivity index (χ4v) is 5.55. The number of hydrogen-bond acceptors (Lipinski definition) is 3. The van der Waals surface area contributed by atoms with Crippen LogP contribution in [0.4, 0.5) is 5.69 Å². The zero-order valence-electron chi connectivity index (χ0n) is 21.8. The Bertz CT molecular complexity index is 1300. The van der Waals surface area contributed by atoms with E-state index in [2.05, 4.69) is 76.9 Å². The summed E-state index contributed by atoms with van der Waals surface area (Å²) in [4.78, 5) is 17.5. The summed E-state index contributed by atoms with van der Waals surface area (Å²) in [6.45, 7) is 7.38. The van der Waals surface area contributed by atoms with Gasteiger partial charge in [-0.25, -0.2) is 0 Å². The number of nitrogens with one attached hydrogen (secondary N) is 1. The number of likely N-dealkylation sites (N-methyl/N-ethyl adjacent to an activating group) is 1. The van der Waals surface area contributed by atoms with Crippen molar-refractivity contribution in [1.29, 1.82) is 0 Å². The Labute approximate surface area is 220 Å². The van der Waals surface area contributed by atoms with Crippen molar-refractivity contribution >= 4 is 22.4 Å². The van der Waals surface area contributed by atoms with E-state index < -0.39 is 0 Å². The Morgan fingerprint density at radius 2 is 1.54 bits per heavy atom. The molecule has 1 amide bonds. The second-order valence-corrected chi connectivity index (χ2v) is 9.96. The van der Waals surface area contributed by atoms with E-state index in [9.17, 15) is 4.79 Å². The molecule has 0 atom stereocenters. The highest BCUT2D eigenvalue weighted by Crippen LogP contribution is 2.37. The van der Waals surface area contributed by atoms with Crippen molar-refractivity contribution in [1.82, 2.24) is 9.80 Å². The molecule has 0 aromatic heterocycles. The molecule has 1 fully saturated rings. The Hall–Kier alpha value is -3.63. The van der Waals surface area contributed by atoms with Crippen molar-refractivity contribution in [3.8, 4) is 0 Å². The molecule has 0 unspecified atom stereocenters. The second-order valence-electron chi connectivity index (χ2n) is 9.96. The number of anilines is 1. The lowest BCUT2D eigenvalue weighted by Gasteiger charge is -2.33. The molecule has 5 rings (SSSR count). The van der Waals surface area contributed by atoms with Gasteiger partial charge in [0.25, 0.3) is 5.91 Å². The van der Waals surface area contributed by atoms with Crippen LogP contribution >= 0.6 is 0 Å². The zero-order chi connectivity index (χ0) is 25.5. The van der Waals surface area contributed by atoms with Gasteiger partial charge in [0.15, 0.2) is 0 Å². The van der Waals surface area contributed by atoms with Crippen LogP contribution in [0, 0.1) is 0 Å². The summed E-state index contributed by atoms with van der Waals surface area (Å²) in [5.41, 5.74) is 4.79. The molecular formula is C33H37N3O. The Kier molecular flexibility index (Phi) is 8.17. The summed E-state index contributed by atoms with van der Waals surface area (Å²) in [5, 5.41) is 6.29. The maximum absolute atomic E-state index is 13.0. The quantitative estimate of drug-likeness (QED) is 0.280. The van der Waals surface area contributed by atoms with Crippen LogP contribution in [0.1, 0.15) is 47.2 Å². The number of fused-ring (bicyclic) bond motifs is 1. The highest BCUT2D eigenvalue weighted by Gasteiger charge is 2.24. The molecule has 0 aliphatic carbocycles. The number of carbonyl (C=O) groups is 1. The Morgan fingerprint density at radius 1 is 0.865 bits per heavy atom. The van der Waals surface area contributed by atoms with Crippen molar-refractivity contribution in [2.75, 3.05) is 38.0 Å². The first-order chi connectivity index (χ1) is 18.2. The topological polar surface area (TPSA) is 35.6 Å². The van der Waals surface area contributed by atoms with Gasteiger partial charge in [0.2, 0.25) is 0 Å². The molecule has 37 heavy (non-hydrogen) atoms. The minimum absolute atomic E-state index is 0.0915. The summed E-state index contributed by atoms with van der Waals surface area (Å²) in [6.07, 6.45) is 2.32. The number of carbonyl (C=O) groups excluding carboxylic acids is 1.